The summed E-state index contributed by atoms with van der Waals surface area (Å²) in [6.07, 6.45) is 3.73. The van der Waals surface area contributed by atoms with Crippen LogP contribution in [0.3, 0.4) is 0 Å². The molecule has 0 aliphatic rings. The second kappa shape index (κ2) is 5.78. The van der Waals surface area contributed by atoms with Crippen LogP contribution in [0.1, 0.15) is 25.2 Å². The van der Waals surface area contributed by atoms with E-state index in [9.17, 15) is 4.39 Å². The zero-order chi connectivity index (χ0) is 13.0. The fourth-order valence-electron chi connectivity index (χ4n) is 1.85. The third kappa shape index (κ3) is 3.40. The number of halogens is 1. The molecule has 0 saturated heterocycles. The van der Waals surface area contributed by atoms with Gasteiger partial charge in [-0.25, -0.2) is 9.37 Å². The zero-order valence-electron chi connectivity index (χ0n) is 10.8. The van der Waals surface area contributed by atoms with Crippen molar-refractivity contribution in [1.82, 2.24) is 9.55 Å². The number of rotatable bonds is 5. The Balaban J connectivity index is 2.07. The Morgan fingerprint density at radius 1 is 1.39 bits per heavy atom. The third-order valence-corrected chi connectivity index (χ3v) is 2.82. The van der Waals surface area contributed by atoms with Gasteiger partial charge in [-0.1, -0.05) is 12.1 Å². The van der Waals surface area contributed by atoms with Crippen molar-refractivity contribution in [2.75, 3.05) is 0 Å². The van der Waals surface area contributed by atoms with Gasteiger partial charge in [0.1, 0.15) is 12.4 Å². The zero-order valence-corrected chi connectivity index (χ0v) is 10.8. The number of nitrogens with zero attached hydrogens (tertiary/aromatic N) is 2. The molecule has 0 aliphatic carbocycles. The van der Waals surface area contributed by atoms with E-state index >= 15 is 0 Å². The molecule has 3 nitrogen and oxygen atoms in total. The molecular formula is C14H19FN3+. The Kier molecular flexibility index (Phi) is 4.10. The molecule has 0 aliphatic heterocycles. The second-order valence-corrected chi connectivity index (χ2v) is 4.79. The molecule has 1 heterocycles. The lowest BCUT2D eigenvalue weighted by Crippen LogP contribution is -2.87. The van der Waals surface area contributed by atoms with E-state index in [1.54, 1.807) is 18.3 Å². The second-order valence-electron chi connectivity index (χ2n) is 4.79. The predicted molar refractivity (Wildman–Crippen MR) is 68.5 cm³/mol. The SMILES string of the molecule is CC(C)[NH2+]Cc1nccn1Cc1cccc(F)c1. The maximum Gasteiger partial charge on any atom is 0.164 e. The molecule has 2 aromatic rings. The van der Waals surface area contributed by atoms with E-state index in [0.717, 1.165) is 17.9 Å². The summed E-state index contributed by atoms with van der Waals surface area (Å²) in [7, 11) is 0. The summed E-state index contributed by atoms with van der Waals surface area (Å²) in [4.78, 5) is 4.34. The molecule has 0 bridgehead atoms. The van der Waals surface area contributed by atoms with Crippen molar-refractivity contribution < 1.29 is 9.71 Å². The normalized spacial score (nSPS) is 11.1. The van der Waals surface area contributed by atoms with Gasteiger partial charge in [-0.15, -0.1) is 0 Å². The minimum absolute atomic E-state index is 0.192. The van der Waals surface area contributed by atoms with Crippen molar-refractivity contribution in [3.63, 3.8) is 0 Å². The van der Waals surface area contributed by atoms with Gasteiger partial charge in [0, 0.05) is 18.9 Å². The fraction of sp³-hybridized carbons (Fsp3) is 0.357. The summed E-state index contributed by atoms with van der Waals surface area (Å²) in [6, 6.07) is 7.24. The first kappa shape index (κ1) is 12.8. The van der Waals surface area contributed by atoms with Crippen LogP contribution < -0.4 is 5.32 Å². The number of hydrogen-bond acceptors (Lipinski definition) is 1. The molecule has 0 unspecified atom stereocenters. The summed E-state index contributed by atoms with van der Waals surface area (Å²) in [6.45, 7) is 5.82. The van der Waals surface area contributed by atoms with Gasteiger partial charge >= 0.3 is 0 Å². The molecule has 1 aromatic carbocycles. The summed E-state index contributed by atoms with van der Waals surface area (Å²) < 4.78 is 15.2. The first-order valence-electron chi connectivity index (χ1n) is 6.23. The lowest BCUT2D eigenvalue weighted by Gasteiger charge is -2.09. The van der Waals surface area contributed by atoms with Crippen molar-refractivity contribution >= 4 is 0 Å². The Morgan fingerprint density at radius 3 is 2.94 bits per heavy atom. The van der Waals surface area contributed by atoms with Crippen molar-refractivity contribution in [3.8, 4) is 0 Å². The van der Waals surface area contributed by atoms with E-state index in [1.165, 1.54) is 6.07 Å². The van der Waals surface area contributed by atoms with E-state index in [-0.39, 0.29) is 5.82 Å². The highest BCUT2D eigenvalue weighted by Gasteiger charge is 2.07. The molecule has 0 spiro atoms. The molecule has 0 amide bonds. The molecule has 0 atom stereocenters. The van der Waals surface area contributed by atoms with Gasteiger partial charge < -0.3 is 9.88 Å². The highest BCUT2D eigenvalue weighted by Crippen LogP contribution is 2.07. The van der Waals surface area contributed by atoms with E-state index < -0.39 is 0 Å². The predicted octanol–water partition coefficient (Wildman–Crippen LogP) is 1.54. The van der Waals surface area contributed by atoms with Crippen LogP contribution in [0.2, 0.25) is 0 Å². The van der Waals surface area contributed by atoms with E-state index in [2.05, 4.69) is 28.7 Å². The number of aromatic nitrogens is 2. The molecule has 0 fully saturated rings. The summed E-state index contributed by atoms with van der Waals surface area (Å²) in [5, 5.41) is 2.23. The smallest absolute Gasteiger partial charge is 0.164 e. The molecule has 18 heavy (non-hydrogen) atoms. The number of hydrogen-bond donors (Lipinski definition) is 1. The van der Waals surface area contributed by atoms with Crippen molar-refractivity contribution in [3.05, 3.63) is 53.9 Å². The molecule has 1 aromatic heterocycles. The van der Waals surface area contributed by atoms with Crippen molar-refractivity contribution in [1.29, 1.82) is 0 Å². The third-order valence-electron chi connectivity index (χ3n) is 2.82. The van der Waals surface area contributed by atoms with Gasteiger partial charge in [0.05, 0.1) is 6.04 Å². The maximum absolute atomic E-state index is 13.1. The van der Waals surface area contributed by atoms with Gasteiger partial charge in [-0.2, -0.15) is 0 Å². The lowest BCUT2D eigenvalue weighted by molar-refractivity contribution is -0.699. The fourth-order valence-corrected chi connectivity index (χ4v) is 1.85. The van der Waals surface area contributed by atoms with Crippen molar-refractivity contribution in [2.45, 2.75) is 33.0 Å². The van der Waals surface area contributed by atoms with Crippen molar-refractivity contribution in [2.24, 2.45) is 0 Å². The van der Waals surface area contributed by atoms with Crippen LogP contribution >= 0.6 is 0 Å². The van der Waals surface area contributed by atoms with E-state index in [1.807, 2.05) is 12.3 Å². The van der Waals surface area contributed by atoms with Crippen LogP contribution in [-0.4, -0.2) is 15.6 Å². The Labute approximate surface area is 107 Å². The molecule has 2 N–H and O–H groups in total. The van der Waals surface area contributed by atoms with E-state index in [4.69, 9.17) is 0 Å². The Morgan fingerprint density at radius 2 is 2.22 bits per heavy atom. The minimum atomic E-state index is -0.192. The lowest BCUT2D eigenvalue weighted by atomic mass is 10.2. The van der Waals surface area contributed by atoms with Crippen LogP contribution in [0, 0.1) is 5.82 Å². The minimum Gasteiger partial charge on any atom is -0.338 e. The maximum atomic E-state index is 13.1. The number of nitrogens with two attached hydrogens (primary N) is 1. The van der Waals surface area contributed by atoms with Crippen LogP contribution in [0.5, 0.6) is 0 Å². The number of benzene rings is 1. The average molecular weight is 248 g/mol. The highest BCUT2D eigenvalue weighted by atomic mass is 19.1. The molecule has 4 heteroatoms. The van der Waals surface area contributed by atoms with Crippen LogP contribution in [0.4, 0.5) is 4.39 Å². The monoisotopic (exact) mass is 248 g/mol. The average Bonchev–Trinajstić information content (AvgIpc) is 2.74. The van der Waals surface area contributed by atoms with Crippen LogP contribution in [-0.2, 0) is 13.1 Å². The number of imidazole rings is 1. The molecule has 2 rings (SSSR count). The van der Waals surface area contributed by atoms with Gasteiger partial charge in [0.2, 0.25) is 0 Å². The van der Waals surface area contributed by atoms with Gasteiger partial charge in [0.25, 0.3) is 0 Å². The van der Waals surface area contributed by atoms with Gasteiger partial charge in [0.15, 0.2) is 5.82 Å². The molecular weight excluding hydrogens is 229 g/mol. The van der Waals surface area contributed by atoms with Crippen LogP contribution in [0.15, 0.2) is 36.7 Å². The summed E-state index contributed by atoms with van der Waals surface area (Å²) in [5.41, 5.74) is 0.957. The summed E-state index contributed by atoms with van der Waals surface area (Å²) >= 11 is 0. The summed E-state index contributed by atoms with van der Waals surface area (Å²) in [5.74, 6) is 0.830. The van der Waals surface area contributed by atoms with Gasteiger partial charge in [-0.05, 0) is 31.5 Å². The molecule has 96 valence electrons. The molecule has 0 saturated carbocycles. The highest BCUT2D eigenvalue weighted by molar-refractivity contribution is 5.17. The molecule has 0 radical (unpaired) electrons. The van der Waals surface area contributed by atoms with Crippen LogP contribution in [0.25, 0.3) is 0 Å². The van der Waals surface area contributed by atoms with Gasteiger partial charge in [-0.3, -0.25) is 0 Å². The quantitative estimate of drug-likeness (QED) is 0.856. The first-order chi connectivity index (χ1) is 8.65. The topological polar surface area (TPSA) is 34.4 Å². The van der Waals surface area contributed by atoms with E-state index in [0.29, 0.717) is 12.6 Å². The Hall–Kier alpha value is -1.68. The standard InChI is InChI=1S/C14H18FN3/c1-11(2)17-9-14-16-6-7-18(14)10-12-4-3-5-13(15)8-12/h3-8,11,17H,9-10H2,1-2H3/p+1. The largest absolute Gasteiger partial charge is 0.338 e. The number of quaternary nitrogens is 1. The first-order valence-corrected chi connectivity index (χ1v) is 6.23. The Bertz CT molecular complexity index is 505.